The normalized spacial score (nSPS) is 11.5. The number of hydrogen-bond acceptors (Lipinski definition) is 3. The highest BCUT2D eigenvalue weighted by Gasteiger charge is 2.18. The first-order valence-corrected chi connectivity index (χ1v) is 10.8. The molecule has 2 N–H and O–H groups in total. The molecule has 0 fully saturated rings. The van der Waals surface area contributed by atoms with E-state index in [9.17, 15) is 4.79 Å². The summed E-state index contributed by atoms with van der Waals surface area (Å²) >= 11 is 5.65. The summed E-state index contributed by atoms with van der Waals surface area (Å²) in [7, 11) is 0. The molecule has 0 aromatic heterocycles. The lowest BCUT2D eigenvalue weighted by Crippen LogP contribution is -2.33. The van der Waals surface area contributed by atoms with Gasteiger partial charge in [-0.2, -0.15) is 0 Å². The molecule has 0 amide bonds. The minimum Gasteiger partial charge on any atom is -0.462 e. The van der Waals surface area contributed by atoms with Crippen LogP contribution in [-0.2, 0) is 4.74 Å². The molecule has 160 valence electrons. The molecule has 0 heterocycles. The van der Waals surface area contributed by atoms with Crippen LogP contribution in [0.3, 0.4) is 0 Å². The molecule has 1 atom stereocenters. The van der Waals surface area contributed by atoms with E-state index in [2.05, 4.69) is 54.8 Å². The molecule has 0 saturated carbocycles. The predicted octanol–water partition coefficient (Wildman–Crippen LogP) is 5.86. The first-order valence-electron chi connectivity index (χ1n) is 10.4. The van der Waals surface area contributed by atoms with Crippen LogP contribution in [0.4, 0.5) is 5.69 Å². The highest BCUT2D eigenvalue weighted by atomic mass is 32.1. The first kappa shape index (κ1) is 22.5. The van der Waals surface area contributed by atoms with Gasteiger partial charge in [-0.15, -0.1) is 0 Å². The smallest absolute Gasteiger partial charge is 0.338 e. The Morgan fingerprint density at radius 1 is 0.968 bits per heavy atom. The fourth-order valence-electron chi connectivity index (χ4n) is 3.57. The molecule has 4 nitrogen and oxygen atoms in total. The molecule has 0 bridgehead atoms. The topological polar surface area (TPSA) is 50.4 Å². The van der Waals surface area contributed by atoms with Crippen molar-refractivity contribution in [3.8, 4) is 0 Å². The maximum Gasteiger partial charge on any atom is 0.338 e. The molecule has 0 aliphatic carbocycles. The third-order valence-corrected chi connectivity index (χ3v) is 5.35. The number of carbonyl (C=O) groups excluding carboxylic acids is 1. The maximum atomic E-state index is 12.0. The van der Waals surface area contributed by atoms with Crippen molar-refractivity contribution in [1.29, 1.82) is 0 Å². The van der Waals surface area contributed by atoms with E-state index in [1.807, 2.05) is 37.3 Å². The van der Waals surface area contributed by atoms with Gasteiger partial charge in [0.2, 0.25) is 0 Å². The Morgan fingerprint density at radius 3 is 2.35 bits per heavy atom. The first-order chi connectivity index (χ1) is 14.9. The number of anilines is 1. The molecule has 0 aliphatic heterocycles. The second kappa shape index (κ2) is 10.2. The van der Waals surface area contributed by atoms with Crippen LogP contribution in [0.5, 0.6) is 0 Å². The van der Waals surface area contributed by atoms with Gasteiger partial charge in [-0.25, -0.2) is 4.79 Å². The van der Waals surface area contributed by atoms with Crippen molar-refractivity contribution in [2.24, 2.45) is 0 Å². The van der Waals surface area contributed by atoms with Crippen LogP contribution in [0.1, 0.15) is 51.1 Å². The van der Waals surface area contributed by atoms with Crippen LogP contribution in [0, 0.1) is 20.8 Å². The van der Waals surface area contributed by atoms with Crippen LogP contribution in [-0.4, -0.2) is 17.7 Å². The van der Waals surface area contributed by atoms with E-state index in [4.69, 9.17) is 17.0 Å². The summed E-state index contributed by atoms with van der Waals surface area (Å²) < 4.78 is 5.08. The van der Waals surface area contributed by atoms with Crippen LogP contribution in [0.15, 0.2) is 66.7 Å². The number of benzene rings is 3. The lowest BCUT2D eigenvalue weighted by atomic mass is 9.94. The fraction of sp³-hybridized carbons (Fsp3) is 0.231. The van der Waals surface area contributed by atoms with Crippen molar-refractivity contribution in [2.75, 3.05) is 11.9 Å². The second-order valence-corrected chi connectivity index (χ2v) is 7.96. The summed E-state index contributed by atoms with van der Waals surface area (Å²) in [4.78, 5) is 12.0. The molecular formula is C26H28N2O2S. The Labute approximate surface area is 189 Å². The Hall–Kier alpha value is -3.18. The van der Waals surface area contributed by atoms with Gasteiger partial charge < -0.3 is 15.4 Å². The highest BCUT2D eigenvalue weighted by molar-refractivity contribution is 7.80. The monoisotopic (exact) mass is 432 g/mol. The van der Waals surface area contributed by atoms with Gasteiger partial charge in [-0.05, 0) is 80.4 Å². The number of hydrogen-bond donors (Lipinski definition) is 2. The van der Waals surface area contributed by atoms with Crippen molar-refractivity contribution in [2.45, 2.75) is 33.7 Å². The van der Waals surface area contributed by atoms with Crippen molar-refractivity contribution in [1.82, 2.24) is 5.32 Å². The van der Waals surface area contributed by atoms with Gasteiger partial charge in [0.05, 0.1) is 18.2 Å². The average molecular weight is 433 g/mol. The molecule has 0 spiro atoms. The van der Waals surface area contributed by atoms with Gasteiger partial charge >= 0.3 is 5.97 Å². The van der Waals surface area contributed by atoms with E-state index in [1.54, 1.807) is 13.0 Å². The van der Waals surface area contributed by atoms with E-state index < -0.39 is 0 Å². The Kier molecular flexibility index (Phi) is 7.42. The fourth-order valence-corrected chi connectivity index (χ4v) is 3.80. The Balaban J connectivity index is 1.82. The van der Waals surface area contributed by atoms with Crippen molar-refractivity contribution in [3.63, 3.8) is 0 Å². The number of rotatable bonds is 6. The molecule has 31 heavy (non-hydrogen) atoms. The lowest BCUT2D eigenvalue weighted by Gasteiger charge is -2.24. The molecule has 5 heteroatoms. The van der Waals surface area contributed by atoms with Crippen LogP contribution >= 0.6 is 12.2 Å². The van der Waals surface area contributed by atoms with E-state index in [1.165, 1.54) is 16.7 Å². The van der Waals surface area contributed by atoms with Crippen molar-refractivity contribution >= 4 is 29.0 Å². The molecule has 3 rings (SSSR count). The van der Waals surface area contributed by atoms with Crippen LogP contribution in [0.2, 0.25) is 0 Å². The summed E-state index contributed by atoms with van der Waals surface area (Å²) in [5, 5.41) is 7.26. The SMILES string of the molecule is CCOC(=O)c1ccc(NC(=S)N[C@H](c2ccccc2)c2ccc(C)cc2C)c(C)c1. The molecule has 0 radical (unpaired) electrons. The third kappa shape index (κ3) is 5.70. The van der Waals surface area contributed by atoms with E-state index in [0.29, 0.717) is 17.3 Å². The summed E-state index contributed by atoms with van der Waals surface area (Å²) in [6, 6.07) is 22.0. The number of thiocarbonyl (C=S) groups is 1. The zero-order chi connectivity index (χ0) is 22.4. The minimum absolute atomic E-state index is 0.0825. The summed E-state index contributed by atoms with van der Waals surface area (Å²) in [6.45, 7) is 8.30. The number of esters is 1. The zero-order valence-corrected chi connectivity index (χ0v) is 19.2. The Morgan fingerprint density at radius 2 is 1.71 bits per heavy atom. The number of aryl methyl sites for hydroxylation is 3. The quantitative estimate of drug-likeness (QED) is 0.377. The number of carbonyl (C=O) groups is 1. The Bertz CT molecular complexity index is 1080. The molecule has 3 aromatic carbocycles. The van der Waals surface area contributed by atoms with E-state index in [0.717, 1.165) is 16.8 Å². The van der Waals surface area contributed by atoms with Crippen molar-refractivity contribution < 1.29 is 9.53 Å². The summed E-state index contributed by atoms with van der Waals surface area (Å²) in [5.74, 6) is -0.322. The van der Waals surface area contributed by atoms with Crippen LogP contribution < -0.4 is 10.6 Å². The minimum atomic E-state index is -0.322. The number of ether oxygens (including phenoxy) is 1. The van der Waals surface area contributed by atoms with Gasteiger partial charge in [0.25, 0.3) is 0 Å². The standard InChI is InChI=1S/C26H28N2O2S/c1-5-30-25(29)21-12-14-23(19(4)16-21)27-26(31)28-24(20-9-7-6-8-10-20)22-13-11-17(2)15-18(22)3/h6-16,24H,5H2,1-4H3,(H2,27,28,31)/t24-/m1/s1. The van der Waals surface area contributed by atoms with Gasteiger partial charge in [0, 0.05) is 5.69 Å². The third-order valence-electron chi connectivity index (χ3n) is 5.13. The van der Waals surface area contributed by atoms with Crippen molar-refractivity contribution in [3.05, 3.63) is 100 Å². The highest BCUT2D eigenvalue weighted by Crippen LogP contribution is 2.26. The lowest BCUT2D eigenvalue weighted by molar-refractivity contribution is 0.0526. The molecule has 0 saturated heterocycles. The van der Waals surface area contributed by atoms with Gasteiger partial charge in [0.15, 0.2) is 5.11 Å². The van der Waals surface area contributed by atoms with Gasteiger partial charge in [-0.1, -0.05) is 54.1 Å². The van der Waals surface area contributed by atoms with E-state index >= 15 is 0 Å². The zero-order valence-electron chi connectivity index (χ0n) is 18.4. The molecule has 3 aromatic rings. The predicted molar refractivity (Wildman–Crippen MR) is 131 cm³/mol. The second-order valence-electron chi connectivity index (χ2n) is 7.55. The molecule has 0 aliphatic rings. The molecular weight excluding hydrogens is 404 g/mol. The van der Waals surface area contributed by atoms with Gasteiger partial charge in [-0.3, -0.25) is 0 Å². The molecule has 0 unspecified atom stereocenters. The number of nitrogens with one attached hydrogen (secondary N) is 2. The van der Waals surface area contributed by atoms with Gasteiger partial charge in [0.1, 0.15) is 0 Å². The van der Waals surface area contributed by atoms with Crippen LogP contribution in [0.25, 0.3) is 0 Å². The maximum absolute atomic E-state index is 12.0. The van der Waals surface area contributed by atoms with E-state index in [-0.39, 0.29) is 12.0 Å². The average Bonchev–Trinajstić information content (AvgIpc) is 2.75. The summed E-state index contributed by atoms with van der Waals surface area (Å²) in [5.41, 5.74) is 7.03. The summed E-state index contributed by atoms with van der Waals surface area (Å²) in [6.07, 6.45) is 0. The largest absolute Gasteiger partial charge is 0.462 e.